The van der Waals surface area contributed by atoms with Crippen LogP contribution in [0.3, 0.4) is 0 Å². The van der Waals surface area contributed by atoms with Gasteiger partial charge in [0.25, 0.3) is 0 Å². The van der Waals surface area contributed by atoms with Gasteiger partial charge in [0.1, 0.15) is 5.75 Å². The van der Waals surface area contributed by atoms with Gasteiger partial charge in [0.2, 0.25) is 0 Å². The number of hydrogen-bond donors (Lipinski definition) is 2. The van der Waals surface area contributed by atoms with Crippen molar-refractivity contribution >= 4 is 11.7 Å². The standard InChI is InChI=1S/C14H21N3O2/c1-15-11-7-9-17(10-8-11)14(18)16-12-5-3-4-6-13(12)19-2/h3-6,11,15H,7-10H2,1-2H3,(H,16,18). The second-order valence-corrected chi connectivity index (χ2v) is 4.68. The van der Waals surface area contributed by atoms with Gasteiger partial charge in [0, 0.05) is 19.1 Å². The lowest BCUT2D eigenvalue weighted by Gasteiger charge is -2.31. The van der Waals surface area contributed by atoms with E-state index in [2.05, 4.69) is 10.6 Å². The van der Waals surface area contributed by atoms with Gasteiger partial charge in [-0.15, -0.1) is 0 Å². The molecule has 0 radical (unpaired) electrons. The summed E-state index contributed by atoms with van der Waals surface area (Å²) >= 11 is 0. The Bertz CT molecular complexity index is 428. The number of piperidine rings is 1. The minimum Gasteiger partial charge on any atom is -0.495 e. The molecule has 1 aliphatic heterocycles. The number of methoxy groups -OCH3 is 1. The molecule has 1 heterocycles. The number of amides is 2. The average Bonchev–Trinajstić information content (AvgIpc) is 2.48. The average molecular weight is 263 g/mol. The summed E-state index contributed by atoms with van der Waals surface area (Å²) in [5, 5.41) is 6.16. The van der Waals surface area contributed by atoms with E-state index < -0.39 is 0 Å². The molecule has 104 valence electrons. The first-order chi connectivity index (χ1) is 9.24. The number of nitrogens with one attached hydrogen (secondary N) is 2. The van der Waals surface area contributed by atoms with Crippen LogP contribution in [0.25, 0.3) is 0 Å². The Morgan fingerprint density at radius 2 is 2.00 bits per heavy atom. The molecule has 2 amide bonds. The van der Waals surface area contributed by atoms with Gasteiger partial charge >= 0.3 is 6.03 Å². The number of nitrogens with zero attached hydrogens (tertiary/aromatic N) is 1. The number of hydrogen-bond acceptors (Lipinski definition) is 3. The molecule has 0 unspecified atom stereocenters. The Labute approximate surface area is 113 Å². The second-order valence-electron chi connectivity index (χ2n) is 4.68. The molecule has 1 aromatic carbocycles. The van der Waals surface area contributed by atoms with Crippen LogP contribution in [0.1, 0.15) is 12.8 Å². The third-order valence-electron chi connectivity index (χ3n) is 3.54. The van der Waals surface area contributed by atoms with Crippen molar-refractivity contribution in [1.82, 2.24) is 10.2 Å². The molecule has 1 aromatic rings. The zero-order valence-electron chi connectivity index (χ0n) is 11.5. The van der Waals surface area contributed by atoms with Gasteiger partial charge in [0.15, 0.2) is 0 Å². The molecular formula is C14H21N3O2. The van der Waals surface area contributed by atoms with Gasteiger partial charge in [-0.3, -0.25) is 0 Å². The predicted octanol–water partition coefficient (Wildman–Crippen LogP) is 1.91. The van der Waals surface area contributed by atoms with Gasteiger partial charge in [0.05, 0.1) is 12.8 Å². The van der Waals surface area contributed by atoms with Crippen LogP contribution in [-0.2, 0) is 0 Å². The number of rotatable bonds is 3. The van der Waals surface area contributed by atoms with Crippen molar-refractivity contribution in [2.24, 2.45) is 0 Å². The van der Waals surface area contributed by atoms with Crippen molar-refractivity contribution in [3.05, 3.63) is 24.3 Å². The third kappa shape index (κ3) is 3.38. The van der Waals surface area contributed by atoms with Crippen LogP contribution >= 0.6 is 0 Å². The summed E-state index contributed by atoms with van der Waals surface area (Å²) in [7, 11) is 3.57. The number of carbonyl (C=O) groups excluding carboxylic acids is 1. The van der Waals surface area contributed by atoms with E-state index in [1.54, 1.807) is 7.11 Å². The zero-order chi connectivity index (χ0) is 13.7. The van der Waals surface area contributed by atoms with Crippen molar-refractivity contribution < 1.29 is 9.53 Å². The van der Waals surface area contributed by atoms with Gasteiger partial charge in [-0.2, -0.15) is 0 Å². The predicted molar refractivity (Wildman–Crippen MR) is 75.7 cm³/mol. The van der Waals surface area contributed by atoms with Crippen molar-refractivity contribution in [2.45, 2.75) is 18.9 Å². The van der Waals surface area contributed by atoms with E-state index in [-0.39, 0.29) is 6.03 Å². The van der Waals surface area contributed by atoms with E-state index >= 15 is 0 Å². The van der Waals surface area contributed by atoms with E-state index in [1.165, 1.54) is 0 Å². The van der Waals surface area contributed by atoms with Crippen LogP contribution in [0.5, 0.6) is 5.75 Å². The highest BCUT2D eigenvalue weighted by molar-refractivity contribution is 5.91. The highest BCUT2D eigenvalue weighted by Gasteiger charge is 2.22. The number of anilines is 1. The van der Waals surface area contributed by atoms with Gasteiger partial charge in [-0.05, 0) is 32.0 Å². The molecule has 0 aliphatic carbocycles. The lowest BCUT2D eigenvalue weighted by molar-refractivity contribution is 0.190. The smallest absolute Gasteiger partial charge is 0.321 e. The van der Waals surface area contributed by atoms with Crippen molar-refractivity contribution in [2.75, 3.05) is 32.6 Å². The molecule has 2 rings (SSSR count). The topological polar surface area (TPSA) is 53.6 Å². The highest BCUT2D eigenvalue weighted by atomic mass is 16.5. The minimum absolute atomic E-state index is 0.0564. The fraction of sp³-hybridized carbons (Fsp3) is 0.500. The summed E-state index contributed by atoms with van der Waals surface area (Å²) in [6, 6.07) is 7.91. The van der Waals surface area contributed by atoms with Crippen LogP contribution in [0, 0.1) is 0 Å². The van der Waals surface area contributed by atoms with Crippen LogP contribution in [-0.4, -0.2) is 44.2 Å². The molecule has 19 heavy (non-hydrogen) atoms. The fourth-order valence-corrected chi connectivity index (χ4v) is 2.31. The van der Waals surface area contributed by atoms with E-state index in [1.807, 2.05) is 36.2 Å². The minimum atomic E-state index is -0.0564. The lowest BCUT2D eigenvalue weighted by Crippen LogP contribution is -2.45. The fourth-order valence-electron chi connectivity index (χ4n) is 2.31. The monoisotopic (exact) mass is 263 g/mol. The maximum absolute atomic E-state index is 12.2. The number of ether oxygens (including phenoxy) is 1. The molecule has 1 aliphatic rings. The molecule has 1 saturated heterocycles. The Hall–Kier alpha value is -1.75. The summed E-state index contributed by atoms with van der Waals surface area (Å²) in [5.74, 6) is 0.681. The quantitative estimate of drug-likeness (QED) is 0.876. The first kappa shape index (κ1) is 13.7. The SMILES string of the molecule is CNC1CCN(C(=O)Nc2ccccc2OC)CC1. The number of carbonyl (C=O) groups is 1. The molecule has 5 heteroatoms. The molecule has 1 fully saturated rings. The summed E-state index contributed by atoms with van der Waals surface area (Å²) in [4.78, 5) is 14.0. The molecule has 5 nitrogen and oxygen atoms in total. The molecular weight excluding hydrogens is 242 g/mol. The normalized spacial score (nSPS) is 16.2. The summed E-state index contributed by atoms with van der Waals surface area (Å²) in [5.41, 5.74) is 0.714. The van der Waals surface area contributed by atoms with Crippen molar-refractivity contribution in [3.8, 4) is 5.75 Å². The van der Waals surface area contributed by atoms with Gasteiger partial charge in [-0.25, -0.2) is 4.79 Å². The maximum Gasteiger partial charge on any atom is 0.321 e. The van der Waals surface area contributed by atoms with E-state index in [4.69, 9.17) is 4.74 Å². The summed E-state index contributed by atoms with van der Waals surface area (Å²) < 4.78 is 5.22. The number of para-hydroxylation sites is 2. The Morgan fingerprint density at radius 1 is 1.32 bits per heavy atom. The van der Waals surface area contributed by atoms with E-state index in [0.717, 1.165) is 25.9 Å². The first-order valence-electron chi connectivity index (χ1n) is 6.61. The van der Waals surface area contributed by atoms with Crippen molar-refractivity contribution in [1.29, 1.82) is 0 Å². The first-order valence-corrected chi connectivity index (χ1v) is 6.61. The molecule has 0 bridgehead atoms. The lowest BCUT2D eigenvalue weighted by atomic mass is 10.1. The van der Waals surface area contributed by atoms with E-state index in [0.29, 0.717) is 17.5 Å². The Balaban J connectivity index is 1.94. The van der Waals surface area contributed by atoms with Crippen LogP contribution in [0.4, 0.5) is 10.5 Å². The summed E-state index contributed by atoms with van der Waals surface area (Å²) in [6.45, 7) is 1.57. The van der Waals surface area contributed by atoms with Gasteiger partial charge < -0.3 is 20.3 Å². The van der Waals surface area contributed by atoms with Crippen LogP contribution in [0.2, 0.25) is 0 Å². The molecule has 0 saturated carbocycles. The Kier molecular flexibility index (Phi) is 4.63. The van der Waals surface area contributed by atoms with Gasteiger partial charge in [-0.1, -0.05) is 12.1 Å². The molecule has 0 aromatic heterocycles. The second kappa shape index (κ2) is 6.43. The maximum atomic E-state index is 12.2. The van der Waals surface area contributed by atoms with Crippen LogP contribution in [0.15, 0.2) is 24.3 Å². The molecule has 0 atom stereocenters. The third-order valence-corrected chi connectivity index (χ3v) is 3.54. The summed E-state index contributed by atoms with van der Waals surface area (Å²) in [6.07, 6.45) is 1.99. The van der Waals surface area contributed by atoms with E-state index in [9.17, 15) is 4.79 Å². The largest absolute Gasteiger partial charge is 0.495 e. The number of likely N-dealkylation sites (tertiary alicyclic amines) is 1. The van der Waals surface area contributed by atoms with Crippen molar-refractivity contribution in [3.63, 3.8) is 0 Å². The highest BCUT2D eigenvalue weighted by Crippen LogP contribution is 2.23. The van der Waals surface area contributed by atoms with Crippen LogP contribution < -0.4 is 15.4 Å². The zero-order valence-corrected chi connectivity index (χ0v) is 11.5. The molecule has 0 spiro atoms. The number of benzene rings is 1. The Morgan fingerprint density at radius 3 is 2.63 bits per heavy atom. The molecule has 2 N–H and O–H groups in total. The number of urea groups is 1.